The molecular formula is C17H17N3OS. The van der Waals surface area contributed by atoms with E-state index in [2.05, 4.69) is 35.3 Å². The summed E-state index contributed by atoms with van der Waals surface area (Å²) >= 11 is 1.38. The molecule has 1 unspecified atom stereocenters. The SMILES string of the molecule is CC1CCc2ccccc2N1CC(=O)Nc1sccc1C#N. The Labute approximate surface area is 134 Å². The minimum atomic E-state index is -0.0810. The highest BCUT2D eigenvalue weighted by Gasteiger charge is 2.24. The fourth-order valence-electron chi connectivity index (χ4n) is 2.82. The van der Waals surface area contributed by atoms with E-state index in [0.717, 1.165) is 18.5 Å². The van der Waals surface area contributed by atoms with E-state index in [9.17, 15) is 4.79 Å². The van der Waals surface area contributed by atoms with Crippen LogP contribution in [0.4, 0.5) is 10.7 Å². The topological polar surface area (TPSA) is 56.1 Å². The average Bonchev–Trinajstić information content (AvgIpc) is 2.97. The monoisotopic (exact) mass is 311 g/mol. The summed E-state index contributed by atoms with van der Waals surface area (Å²) in [4.78, 5) is 14.5. The van der Waals surface area contributed by atoms with Gasteiger partial charge < -0.3 is 10.2 Å². The fraction of sp³-hybridized carbons (Fsp3) is 0.294. The number of aryl methyl sites for hydroxylation is 1. The molecule has 5 heteroatoms. The van der Waals surface area contributed by atoms with E-state index >= 15 is 0 Å². The van der Waals surface area contributed by atoms with Crippen LogP contribution in [0.1, 0.15) is 24.5 Å². The molecule has 2 aromatic rings. The molecule has 0 fully saturated rings. The molecule has 4 nitrogen and oxygen atoms in total. The molecule has 1 aromatic carbocycles. The Morgan fingerprint density at radius 1 is 1.45 bits per heavy atom. The number of rotatable bonds is 3. The predicted octanol–water partition coefficient (Wildman–Crippen LogP) is 3.40. The number of amides is 1. The van der Waals surface area contributed by atoms with Gasteiger partial charge in [0.25, 0.3) is 0 Å². The summed E-state index contributed by atoms with van der Waals surface area (Å²) in [6.07, 6.45) is 2.10. The second-order valence-corrected chi connectivity index (χ2v) is 6.38. The van der Waals surface area contributed by atoms with Crippen molar-refractivity contribution in [2.45, 2.75) is 25.8 Å². The summed E-state index contributed by atoms with van der Waals surface area (Å²) in [7, 11) is 0. The molecule has 2 heterocycles. The largest absolute Gasteiger partial charge is 0.359 e. The van der Waals surface area contributed by atoms with Crippen LogP contribution in [0.2, 0.25) is 0 Å². The van der Waals surface area contributed by atoms with Crippen molar-refractivity contribution in [1.82, 2.24) is 0 Å². The number of carbonyl (C=O) groups excluding carboxylic acids is 1. The van der Waals surface area contributed by atoms with Crippen LogP contribution < -0.4 is 10.2 Å². The molecule has 0 bridgehead atoms. The summed E-state index contributed by atoms with van der Waals surface area (Å²) in [6, 6.07) is 12.4. The third kappa shape index (κ3) is 2.83. The number of para-hydroxylation sites is 1. The van der Waals surface area contributed by atoms with Crippen LogP contribution in [0.3, 0.4) is 0 Å². The molecule has 0 radical (unpaired) electrons. The van der Waals surface area contributed by atoms with Crippen LogP contribution in [-0.2, 0) is 11.2 Å². The zero-order valence-corrected chi connectivity index (χ0v) is 13.2. The van der Waals surface area contributed by atoms with E-state index in [0.29, 0.717) is 23.2 Å². The van der Waals surface area contributed by atoms with E-state index in [4.69, 9.17) is 5.26 Å². The molecule has 1 amide bonds. The van der Waals surface area contributed by atoms with Crippen LogP contribution in [0, 0.1) is 11.3 Å². The lowest BCUT2D eigenvalue weighted by Gasteiger charge is -2.36. The number of anilines is 2. The first-order chi connectivity index (χ1) is 10.7. The molecule has 1 atom stereocenters. The first-order valence-electron chi connectivity index (χ1n) is 7.31. The van der Waals surface area contributed by atoms with Crippen LogP contribution in [-0.4, -0.2) is 18.5 Å². The van der Waals surface area contributed by atoms with Gasteiger partial charge in [-0.2, -0.15) is 5.26 Å². The highest BCUT2D eigenvalue weighted by atomic mass is 32.1. The number of nitrogens with zero attached hydrogens (tertiary/aromatic N) is 2. The molecule has 1 N–H and O–H groups in total. The molecule has 0 aliphatic carbocycles. The summed E-state index contributed by atoms with van der Waals surface area (Å²) < 4.78 is 0. The van der Waals surface area contributed by atoms with Crippen molar-refractivity contribution < 1.29 is 4.79 Å². The quantitative estimate of drug-likeness (QED) is 0.945. The van der Waals surface area contributed by atoms with Gasteiger partial charge in [0.1, 0.15) is 11.1 Å². The van der Waals surface area contributed by atoms with Crippen LogP contribution in [0.5, 0.6) is 0 Å². The van der Waals surface area contributed by atoms with Gasteiger partial charge in [-0.05, 0) is 42.8 Å². The van der Waals surface area contributed by atoms with Gasteiger partial charge in [0, 0.05) is 11.7 Å². The Kier molecular flexibility index (Phi) is 4.12. The van der Waals surface area contributed by atoms with Gasteiger partial charge in [-0.3, -0.25) is 4.79 Å². The number of carbonyl (C=O) groups is 1. The third-order valence-electron chi connectivity index (χ3n) is 4.02. The van der Waals surface area contributed by atoms with Crippen molar-refractivity contribution in [3.63, 3.8) is 0 Å². The smallest absolute Gasteiger partial charge is 0.244 e. The summed E-state index contributed by atoms with van der Waals surface area (Å²) in [6.45, 7) is 2.45. The number of thiophene rings is 1. The van der Waals surface area contributed by atoms with Gasteiger partial charge in [0.05, 0.1) is 12.1 Å². The van der Waals surface area contributed by atoms with E-state index in [-0.39, 0.29) is 5.91 Å². The lowest BCUT2D eigenvalue weighted by atomic mass is 9.97. The molecule has 3 rings (SSSR count). The lowest BCUT2D eigenvalue weighted by Crippen LogP contribution is -2.42. The number of nitrogens with one attached hydrogen (secondary N) is 1. The summed E-state index contributed by atoms with van der Waals surface area (Å²) in [5, 5.41) is 14.3. The zero-order valence-electron chi connectivity index (χ0n) is 12.4. The Morgan fingerprint density at radius 3 is 3.09 bits per heavy atom. The molecule has 0 saturated heterocycles. The van der Waals surface area contributed by atoms with E-state index in [1.165, 1.54) is 16.9 Å². The number of benzene rings is 1. The van der Waals surface area contributed by atoms with E-state index in [1.807, 2.05) is 17.5 Å². The van der Waals surface area contributed by atoms with Gasteiger partial charge in [-0.25, -0.2) is 0 Å². The Hall–Kier alpha value is -2.32. The van der Waals surface area contributed by atoms with Crippen LogP contribution in [0.25, 0.3) is 0 Å². The lowest BCUT2D eigenvalue weighted by molar-refractivity contribution is -0.115. The summed E-state index contributed by atoms with van der Waals surface area (Å²) in [5.41, 5.74) is 2.95. The van der Waals surface area contributed by atoms with Crippen molar-refractivity contribution in [3.8, 4) is 6.07 Å². The van der Waals surface area contributed by atoms with Crippen molar-refractivity contribution in [3.05, 3.63) is 46.8 Å². The molecule has 0 saturated carbocycles. The molecule has 112 valence electrons. The van der Waals surface area contributed by atoms with Crippen LogP contribution in [0.15, 0.2) is 35.7 Å². The molecule has 1 aliphatic heterocycles. The first kappa shape index (κ1) is 14.6. The maximum atomic E-state index is 12.3. The second-order valence-electron chi connectivity index (χ2n) is 5.47. The first-order valence-corrected chi connectivity index (χ1v) is 8.19. The standard InChI is InChI=1S/C17H17N3OS/c1-12-6-7-13-4-2-3-5-15(13)20(12)11-16(21)19-17-14(10-18)8-9-22-17/h2-5,8-9,12H,6-7,11H2,1H3,(H,19,21). The minimum absolute atomic E-state index is 0.0810. The predicted molar refractivity (Wildman–Crippen MR) is 89.2 cm³/mol. The molecule has 22 heavy (non-hydrogen) atoms. The fourth-order valence-corrected chi connectivity index (χ4v) is 3.57. The summed E-state index contributed by atoms with van der Waals surface area (Å²) in [5.74, 6) is -0.0810. The van der Waals surface area contributed by atoms with Crippen molar-refractivity contribution in [2.75, 3.05) is 16.8 Å². The number of hydrogen-bond donors (Lipinski definition) is 1. The average molecular weight is 311 g/mol. The number of nitriles is 1. The highest BCUT2D eigenvalue weighted by molar-refractivity contribution is 7.14. The van der Waals surface area contributed by atoms with Crippen LogP contribution >= 0.6 is 11.3 Å². The van der Waals surface area contributed by atoms with Crippen molar-refractivity contribution >= 4 is 27.9 Å². The molecule has 1 aliphatic rings. The normalized spacial score (nSPS) is 16.7. The molecule has 1 aromatic heterocycles. The minimum Gasteiger partial charge on any atom is -0.359 e. The maximum Gasteiger partial charge on any atom is 0.244 e. The van der Waals surface area contributed by atoms with Gasteiger partial charge in [-0.15, -0.1) is 11.3 Å². The number of hydrogen-bond acceptors (Lipinski definition) is 4. The third-order valence-corrected chi connectivity index (χ3v) is 4.85. The molecular weight excluding hydrogens is 294 g/mol. The van der Waals surface area contributed by atoms with Crippen molar-refractivity contribution in [1.29, 1.82) is 5.26 Å². The van der Waals surface area contributed by atoms with Gasteiger partial charge in [0.15, 0.2) is 0 Å². The maximum absolute atomic E-state index is 12.3. The molecule has 0 spiro atoms. The van der Waals surface area contributed by atoms with Crippen molar-refractivity contribution in [2.24, 2.45) is 0 Å². The van der Waals surface area contributed by atoms with E-state index < -0.39 is 0 Å². The van der Waals surface area contributed by atoms with E-state index in [1.54, 1.807) is 6.07 Å². The zero-order chi connectivity index (χ0) is 15.5. The highest BCUT2D eigenvalue weighted by Crippen LogP contribution is 2.30. The van der Waals surface area contributed by atoms with Gasteiger partial charge in [0.2, 0.25) is 5.91 Å². The van der Waals surface area contributed by atoms with Gasteiger partial charge >= 0.3 is 0 Å². The van der Waals surface area contributed by atoms with Gasteiger partial charge in [-0.1, -0.05) is 18.2 Å². The Morgan fingerprint density at radius 2 is 2.27 bits per heavy atom. The second kappa shape index (κ2) is 6.20. The Balaban J connectivity index is 1.75. The number of fused-ring (bicyclic) bond motifs is 1. The Bertz CT molecular complexity index is 732.